The smallest absolute Gasteiger partial charge is 0.243 e. The fourth-order valence-corrected chi connectivity index (χ4v) is 5.40. The second kappa shape index (κ2) is 14.2. The van der Waals surface area contributed by atoms with Gasteiger partial charge in [-0.15, -0.1) is 0 Å². The lowest BCUT2D eigenvalue weighted by Crippen LogP contribution is -2.52. The van der Waals surface area contributed by atoms with Crippen LogP contribution in [0.1, 0.15) is 48.4 Å². The summed E-state index contributed by atoms with van der Waals surface area (Å²) in [4.78, 5) is 29.8. The van der Waals surface area contributed by atoms with E-state index in [1.165, 1.54) is 0 Å². The molecule has 0 saturated carbocycles. The van der Waals surface area contributed by atoms with Gasteiger partial charge in [0.1, 0.15) is 6.04 Å². The van der Waals surface area contributed by atoms with Crippen molar-refractivity contribution in [2.45, 2.75) is 51.2 Å². The van der Waals surface area contributed by atoms with Crippen molar-refractivity contribution in [3.8, 4) is 0 Å². The minimum atomic E-state index is -0.767. The van der Waals surface area contributed by atoms with Crippen LogP contribution in [0.2, 0.25) is 10.0 Å². The Morgan fingerprint density at radius 3 is 1.73 bits per heavy atom. The first-order valence-electron chi connectivity index (χ1n) is 13.5. The summed E-state index contributed by atoms with van der Waals surface area (Å²) in [5.41, 5.74) is 3.63. The number of nitrogens with one attached hydrogen (secondary N) is 1. The molecule has 0 bridgehead atoms. The second-order valence-electron chi connectivity index (χ2n) is 10.2. The summed E-state index contributed by atoms with van der Waals surface area (Å²) in [6.45, 7) is 3.93. The Morgan fingerprint density at radius 2 is 1.23 bits per heavy atom. The highest BCUT2D eigenvalue weighted by atomic mass is 35.5. The maximum Gasteiger partial charge on any atom is 0.243 e. The van der Waals surface area contributed by atoms with Crippen LogP contribution in [0.3, 0.4) is 0 Å². The van der Waals surface area contributed by atoms with Gasteiger partial charge in [0, 0.05) is 47.0 Å². The fourth-order valence-electron chi connectivity index (χ4n) is 4.88. The van der Waals surface area contributed by atoms with Gasteiger partial charge in [-0.25, -0.2) is 0 Å². The van der Waals surface area contributed by atoms with Crippen molar-refractivity contribution in [3.05, 3.63) is 141 Å². The topological polar surface area (TPSA) is 49.4 Å². The summed E-state index contributed by atoms with van der Waals surface area (Å²) in [6, 6.07) is 34.1. The zero-order chi connectivity index (χ0) is 28.5. The van der Waals surface area contributed by atoms with Crippen molar-refractivity contribution in [1.82, 2.24) is 10.2 Å². The first kappa shape index (κ1) is 29.4. The van der Waals surface area contributed by atoms with E-state index in [1.807, 2.05) is 105 Å². The van der Waals surface area contributed by atoms with Crippen molar-refractivity contribution < 1.29 is 9.59 Å². The Balaban J connectivity index is 1.77. The zero-order valence-corrected chi connectivity index (χ0v) is 24.3. The molecule has 206 valence electrons. The Hall–Kier alpha value is -3.60. The number of halogens is 2. The van der Waals surface area contributed by atoms with Gasteiger partial charge < -0.3 is 10.2 Å². The summed E-state index contributed by atoms with van der Waals surface area (Å²) in [7, 11) is 0. The molecule has 0 aromatic heterocycles. The number of hydrogen-bond donors (Lipinski definition) is 1. The lowest BCUT2D eigenvalue weighted by Gasteiger charge is -2.33. The van der Waals surface area contributed by atoms with E-state index in [0.717, 1.165) is 16.7 Å². The number of hydrogen-bond acceptors (Lipinski definition) is 2. The Morgan fingerprint density at radius 1 is 0.725 bits per heavy atom. The molecule has 1 N–H and O–H groups in total. The standard InChI is InChI=1S/C34H34Cl2N2O2/c1-24(2)37-34(40)32(21-25-13-6-3-7-14-25)38(23-29-30(35)19-12-20-31(29)36)33(39)22-28(26-15-8-4-9-16-26)27-17-10-5-11-18-27/h3-20,24,28,32H,21-23H2,1-2H3,(H,37,40). The van der Waals surface area contributed by atoms with E-state index in [2.05, 4.69) is 5.32 Å². The van der Waals surface area contributed by atoms with Crippen molar-refractivity contribution in [3.63, 3.8) is 0 Å². The largest absolute Gasteiger partial charge is 0.352 e. The van der Waals surface area contributed by atoms with Crippen LogP contribution in [0.4, 0.5) is 0 Å². The van der Waals surface area contributed by atoms with Gasteiger partial charge in [-0.2, -0.15) is 0 Å². The average Bonchev–Trinajstić information content (AvgIpc) is 2.96. The second-order valence-corrected chi connectivity index (χ2v) is 11.0. The van der Waals surface area contributed by atoms with Crippen LogP contribution >= 0.6 is 23.2 Å². The number of rotatable bonds is 11. The number of carbonyl (C=O) groups is 2. The van der Waals surface area contributed by atoms with E-state index in [0.29, 0.717) is 22.0 Å². The Kier molecular flexibility index (Phi) is 10.4. The molecule has 2 amide bonds. The van der Waals surface area contributed by atoms with Gasteiger partial charge in [0.05, 0.1) is 0 Å². The molecule has 4 aromatic carbocycles. The number of carbonyl (C=O) groups excluding carboxylic acids is 2. The lowest BCUT2D eigenvalue weighted by atomic mass is 9.87. The summed E-state index contributed by atoms with van der Waals surface area (Å²) in [5, 5.41) is 3.94. The van der Waals surface area contributed by atoms with Crippen LogP contribution in [-0.2, 0) is 22.6 Å². The highest BCUT2D eigenvalue weighted by Crippen LogP contribution is 2.32. The highest BCUT2D eigenvalue weighted by Gasteiger charge is 2.33. The number of nitrogens with zero attached hydrogens (tertiary/aromatic N) is 1. The monoisotopic (exact) mass is 572 g/mol. The molecule has 0 saturated heterocycles. The molecule has 0 aliphatic carbocycles. The van der Waals surface area contributed by atoms with Gasteiger partial charge in [0.15, 0.2) is 0 Å². The first-order valence-corrected chi connectivity index (χ1v) is 14.3. The first-order chi connectivity index (χ1) is 19.3. The van der Waals surface area contributed by atoms with Crippen molar-refractivity contribution in [2.75, 3.05) is 0 Å². The third-order valence-electron chi connectivity index (χ3n) is 6.87. The number of amides is 2. The molecule has 0 fully saturated rings. The van der Waals surface area contributed by atoms with Gasteiger partial charge in [-0.3, -0.25) is 9.59 Å². The maximum atomic E-state index is 14.4. The van der Waals surface area contributed by atoms with Crippen LogP contribution in [0.5, 0.6) is 0 Å². The van der Waals surface area contributed by atoms with Crippen molar-refractivity contribution in [1.29, 1.82) is 0 Å². The minimum absolute atomic E-state index is 0.0898. The summed E-state index contributed by atoms with van der Waals surface area (Å²) >= 11 is 13.2. The predicted octanol–water partition coefficient (Wildman–Crippen LogP) is 7.68. The van der Waals surface area contributed by atoms with Gasteiger partial charge in [0.25, 0.3) is 0 Å². The fraction of sp³-hybridized carbons (Fsp3) is 0.235. The van der Waals surface area contributed by atoms with Crippen molar-refractivity contribution >= 4 is 35.0 Å². The lowest BCUT2D eigenvalue weighted by molar-refractivity contribution is -0.141. The van der Waals surface area contributed by atoms with Gasteiger partial charge in [-0.05, 0) is 42.7 Å². The molecule has 6 heteroatoms. The molecule has 4 rings (SSSR count). The van der Waals surface area contributed by atoms with E-state index in [1.54, 1.807) is 23.1 Å². The summed E-state index contributed by atoms with van der Waals surface area (Å²) in [6.07, 6.45) is 0.533. The van der Waals surface area contributed by atoms with Gasteiger partial charge >= 0.3 is 0 Å². The van der Waals surface area contributed by atoms with E-state index in [4.69, 9.17) is 23.2 Å². The molecule has 0 aliphatic heterocycles. The van der Waals surface area contributed by atoms with E-state index in [9.17, 15) is 9.59 Å². The minimum Gasteiger partial charge on any atom is -0.352 e. The predicted molar refractivity (Wildman–Crippen MR) is 164 cm³/mol. The normalized spacial score (nSPS) is 11.8. The third kappa shape index (κ3) is 7.74. The zero-order valence-electron chi connectivity index (χ0n) is 22.8. The van der Waals surface area contributed by atoms with E-state index >= 15 is 0 Å². The SMILES string of the molecule is CC(C)NC(=O)C(Cc1ccccc1)N(Cc1c(Cl)cccc1Cl)C(=O)CC(c1ccccc1)c1ccccc1. The highest BCUT2D eigenvalue weighted by molar-refractivity contribution is 6.36. The third-order valence-corrected chi connectivity index (χ3v) is 7.58. The number of benzene rings is 4. The van der Waals surface area contributed by atoms with Crippen LogP contribution < -0.4 is 5.32 Å². The molecule has 1 unspecified atom stereocenters. The average molecular weight is 574 g/mol. The Labute approximate surface area is 246 Å². The van der Waals surface area contributed by atoms with Crippen molar-refractivity contribution in [2.24, 2.45) is 0 Å². The van der Waals surface area contributed by atoms with Gasteiger partial charge in [-0.1, -0.05) is 120 Å². The molecule has 1 atom stereocenters. The van der Waals surface area contributed by atoms with Crippen LogP contribution in [0, 0.1) is 0 Å². The molecule has 4 nitrogen and oxygen atoms in total. The molecule has 4 aromatic rings. The molecule has 40 heavy (non-hydrogen) atoms. The van der Waals surface area contributed by atoms with Gasteiger partial charge in [0.2, 0.25) is 11.8 Å². The molecule has 0 heterocycles. The quantitative estimate of drug-likeness (QED) is 0.200. The van der Waals surface area contributed by atoms with E-state index < -0.39 is 6.04 Å². The van der Waals surface area contributed by atoms with Crippen LogP contribution in [0.15, 0.2) is 109 Å². The molecular formula is C34H34Cl2N2O2. The van der Waals surface area contributed by atoms with Crippen LogP contribution in [0.25, 0.3) is 0 Å². The van der Waals surface area contributed by atoms with Crippen LogP contribution in [-0.4, -0.2) is 28.8 Å². The molecule has 0 aliphatic rings. The Bertz CT molecular complexity index is 1340. The summed E-state index contributed by atoms with van der Waals surface area (Å²) in [5.74, 6) is -0.565. The molecule has 0 radical (unpaired) electrons. The van der Waals surface area contributed by atoms with E-state index in [-0.39, 0.29) is 36.7 Å². The maximum absolute atomic E-state index is 14.4. The molecule has 0 spiro atoms. The summed E-state index contributed by atoms with van der Waals surface area (Å²) < 4.78 is 0. The molecular weight excluding hydrogens is 539 g/mol.